The zero-order valence-corrected chi connectivity index (χ0v) is 12.1. The molecule has 4 N–H and O–H groups in total. The quantitative estimate of drug-likeness (QED) is 0.611. The van der Waals surface area contributed by atoms with E-state index in [2.05, 4.69) is 5.32 Å². The fourth-order valence-electron chi connectivity index (χ4n) is 1.98. The Balaban J connectivity index is 2.45. The summed E-state index contributed by atoms with van der Waals surface area (Å²) in [7, 11) is 1.23. The SMILES string of the molecule is COc1cc(C(=O)O)c(NC(=O)c2ccccc2)cc1[NH+]([O-])O. The summed E-state index contributed by atoms with van der Waals surface area (Å²) in [5.41, 5.74) is -0.321. The molecule has 0 spiro atoms. The maximum Gasteiger partial charge on any atom is 0.337 e. The topological polar surface area (TPSA) is 123 Å². The Morgan fingerprint density at radius 2 is 1.87 bits per heavy atom. The number of amides is 1. The van der Waals surface area contributed by atoms with Crippen LogP contribution in [0.4, 0.5) is 11.4 Å². The third-order valence-electron chi connectivity index (χ3n) is 3.08. The predicted octanol–water partition coefficient (Wildman–Crippen LogP) is 1.05. The van der Waals surface area contributed by atoms with E-state index in [-0.39, 0.29) is 22.7 Å². The number of benzene rings is 2. The number of aromatic carboxylic acids is 1. The summed E-state index contributed by atoms with van der Waals surface area (Å²) in [6.45, 7) is 0. The van der Waals surface area contributed by atoms with E-state index in [1.54, 1.807) is 30.3 Å². The van der Waals surface area contributed by atoms with Crippen molar-refractivity contribution in [3.8, 4) is 5.75 Å². The Morgan fingerprint density at radius 1 is 1.22 bits per heavy atom. The lowest BCUT2D eigenvalue weighted by Gasteiger charge is -2.17. The van der Waals surface area contributed by atoms with E-state index >= 15 is 0 Å². The Morgan fingerprint density at radius 3 is 2.39 bits per heavy atom. The fraction of sp³-hybridized carbons (Fsp3) is 0.0667. The van der Waals surface area contributed by atoms with Crippen LogP contribution in [0.3, 0.4) is 0 Å². The van der Waals surface area contributed by atoms with Crippen molar-refractivity contribution in [1.82, 2.24) is 0 Å². The molecule has 1 atom stereocenters. The van der Waals surface area contributed by atoms with E-state index in [0.29, 0.717) is 5.56 Å². The Bertz CT molecular complexity index is 730. The number of rotatable bonds is 5. The van der Waals surface area contributed by atoms with Gasteiger partial charge in [-0.25, -0.2) is 10.0 Å². The summed E-state index contributed by atoms with van der Waals surface area (Å²) >= 11 is 0. The van der Waals surface area contributed by atoms with Crippen LogP contribution in [0, 0.1) is 5.21 Å². The molecular formula is C15H14N2O6. The van der Waals surface area contributed by atoms with Crippen LogP contribution in [-0.4, -0.2) is 29.3 Å². The largest absolute Gasteiger partial charge is 0.595 e. The highest BCUT2D eigenvalue weighted by Gasteiger charge is 2.21. The van der Waals surface area contributed by atoms with Gasteiger partial charge in [0.2, 0.25) is 5.69 Å². The van der Waals surface area contributed by atoms with Crippen molar-refractivity contribution >= 4 is 23.3 Å². The van der Waals surface area contributed by atoms with Gasteiger partial charge < -0.3 is 20.4 Å². The number of nitrogens with one attached hydrogen (secondary N) is 2. The number of carboxylic acids is 1. The number of carboxylic acid groups (broad SMARTS) is 1. The van der Waals surface area contributed by atoms with Crippen molar-refractivity contribution in [2.24, 2.45) is 0 Å². The third-order valence-corrected chi connectivity index (χ3v) is 3.08. The molecule has 0 aromatic heterocycles. The van der Waals surface area contributed by atoms with Gasteiger partial charge >= 0.3 is 5.97 Å². The number of quaternary nitrogens is 1. The normalized spacial score (nSPS) is 11.6. The van der Waals surface area contributed by atoms with E-state index in [0.717, 1.165) is 12.1 Å². The van der Waals surface area contributed by atoms with E-state index in [9.17, 15) is 19.9 Å². The molecule has 1 unspecified atom stereocenters. The van der Waals surface area contributed by atoms with Gasteiger partial charge in [-0.15, -0.1) is 0 Å². The fourth-order valence-corrected chi connectivity index (χ4v) is 1.98. The lowest BCUT2D eigenvalue weighted by atomic mass is 10.1. The average Bonchev–Trinajstić information content (AvgIpc) is 2.54. The molecule has 0 saturated heterocycles. The van der Waals surface area contributed by atoms with Crippen molar-refractivity contribution in [3.05, 3.63) is 58.8 Å². The first-order valence-electron chi connectivity index (χ1n) is 6.49. The Kier molecular flexibility index (Phi) is 4.91. The van der Waals surface area contributed by atoms with E-state index < -0.39 is 17.1 Å². The molecule has 2 aromatic carbocycles. The van der Waals surface area contributed by atoms with Crippen LogP contribution < -0.4 is 15.3 Å². The highest BCUT2D eigenvalue weighted by Crippen LogP contribution is 2.29. The zero-order chi connectivity index (χ0) is 17.0. The van der Waals surface area contributed by atoms with Gasteiger partial charge in [0, 0.05) is 17.7 Å². The first-order valence-corrected chi connectivity index (χ1v) is 6.49. The molecule has 8 nitrogen and oxygen atoms in total. The van der Waals surface area contributed by atoms with E-state index in [1.807, 2.05) is 0 Å². The van der Waals surface area contributed by atoms with Crippen LogP contribution >= 0.6 is 0 Å². The van der Waals surface area contributed by atoms with Gasteiger partial charge in [-0.1, -0.05) is 18.2 Å². The summed E-state index contributed by atoms with van der Waals surface area (Å²) < 4.78 is 4.89. The molecule has 8 heteroatoms. The van der Waals surface area contributed by atoms with Crippen molar-refractivity contribution in [2.75, 3.05) is 12.4 Å². The molecule has 0 saturated carbocycles. The molecule has 0 aliphatic heterocycles. The molecule has 2 aromatic rings. The molecule has 120 valence electrons. The van der Waals surface area contributed by atoms with Gasteiger partial charge in [0.15, 0.2) is 5.75 Å². The van der Waals surface area contributed by atoms with Crippen LogP contribution in [0.5, 0.6) is 5.75 Å². The van der Waals surface area contributed by atoms with Crippen LogP contribution in [0.2, 0.25) is 0 Å². The van der Waals surface area contributed by atoms with Gasteiger partial charge in [-0.2, -0.15) is 5.23 Å². The minimum absolute atomic E-state index is 0.104. The van der Waals surface area contributed by atoms with Crippen molar-refractivity contribution < 1.29 is 29.9 Å². The zero-order valence-electron chi connectivity index (χ0n) is 12.1. The molecule has 0 bridgehead atoms. The third kappa shape index (κ3) is 3.64. The lowest BCUT2D eigenvalue weighted by Crippen LogP contribution is -2.99. The van der Waals surface area contributed by atoms with E-state index in [1.165, 1.54) is 7.11 Å². The van der Waals surface area contributed by atoms with Gasteiger partial charge in [-0.3, -0.25) is 4.79 Å². The van der Waals surface area contributed by atoms with E-state index in [4.69, 9.17) is 9.94 Å². The van der Waals surface area contributed by atoms with Crippen molar-refractivity contribution in [3.63, 3.8) is 0 Å². The Labute approximate surface area is 131 Å². The van der Waals surface area contributed by atoms with Gasteiger partial charge in [-0.05, 0) is 12.1 Å². The summed E-state index contributed by atoms with van der Waals surface area (Å²) in [5.74, 6) is -1.97. The summed E-state index contributed by atoms with van der Waals surface area (Å²) in [6.07, 6.45) is 0. The van der Waals surface area contributed by atoms with Gasteiger partial charge in [0.05, 0.1) is 18.4 Å². The van der Waals surface area contributed by atoms with Crippen LogP contribution in [0.15, 0.2) is 42.5 Å². The first-order chi connectivity index (χ1) is 10.9. The average molecular weight is 318 g/mol. The lowest BCUT2D eigenvalue weighted by molar-refractivity contribution is -0.991. The maximum absolute atomic E-state index is 12.1. The minimum Gasteiger partial charge on any atom is -0.595 e. The summed E-state index contributed by atoms with van der Waals surface area (Å²) in [5, 5.41) is 30.8. The molecule has 23 heavy (non-hydrogen) atoms. The van der Waals surface area contributed by atoms with Gasteiger partial charge in [0.25, 0.3) is 5.91 Å². The molecular weight excluding hydrogens is 304 g/mol. The standard InChI is InChI=1S/C15H14N2O6/c1-23-13-7-10(15(19)20)11(8-12(13)17(21)22)16-14(18)9-5-3-2-4-6-9/h2-8,17,21H,1H3,(H,16,18)(H,19,20). The molecule has 2 rings (SSSR count). The second-order valence-corrected chi connectivity index (χ2v) is 4.53. The molecule has 0 fully saturated rings. The van der Waals surface area contributed by atoms with Crippen LogP contribution in [0.25, 0.3) is 0 Å². The molecule has 0 aliphatic rings. The van der Waals surface area contributed by atoms with Crippen LogP contribution in [0.1, 0.15) is 20.7 Å². The Hall–Kier alpha value is -2.94. The monoisotopic (exact) mass is 318 g/mol. The predicted molar refractivity (Wildman–Crippen MR) is 80.1 cm³/mol. The number of ether oxygens (including phenoxy) is 1. The maximum atomic E-state index is 12.1. The van der Waals surface area contributed by atoms with Gasteiger partial charge in [0.1, 0.15) is 0 Å². The van der Waals surface area contributed by atoms with Crippen molar-refractivity contribution in [1.29, 1.82) is 0 Å². The molecule has 0 heterocycles. The second kappa shape index (κ2) is 6.88. The summed E-state index contributed by atoms with van der Waals surface area (Å²) in [4.78, 5) is 23.5. The van der Waals surface area contributed by atoms with Crippen LogP contribution in [-0.2, 0) is 0 Å². The first kappa shape index (κ1) is 16.4. The number of hydrogen-bond acceptors (Lipinski definition) is 5. The molecule has 1 amide bonds. The van der Waals surface area contributed by atoms with Crippen molar-refractivity contribution in [2.45, 2.75) is 0 Å². The molecule has 0 aliphatic carbocycles. The minimum atomic E-state index is -1.32. The molecule has 0 radical (unpaired) electrons. The number of carbonyl (C=O) groups excluding carboxylic acids is 1. The second-order valence-electron chi connectivity index (χ2n) is 4.53. The number of hydrogen-bond donors (Lipinski definition) is 4. The smallest absolute Gasteiger partial charge is 0.337 e. The number of methoxy groups -OCH3 is 1. The number of anilines is 1. The highest BCUT2D eigenvalue weighted by molar-refractivity contribution is 6.08. The summed E-state index contributed by atoms with van der Waals surface area (Å²) in [6, 6.07) is 10.3. The highest BCUT2D eigenvalue weighted by atomic mass is 16.8. The number of carbonyl (C=O) groups is 2.